The second-order valence-corrected chi connectivity index (χ2v) is 5.17. The Balaban J connectivity index is 2.28. The Labute approximate surface area is 147 Å². The minimum Gasteiger partial charge on any atom is -0.488 e. The average molecular weight is 354 g/mol. The Hall–Kier alpha value is -3.81. The van der Waals surface area contributed by atoms with Crippen LogP contribution in [-0.2, 0) is 13.1 Å². The fraction of sp³-hybridized carbons (Fsp3) is 0.267. The van der Waals surface area contributed by atoms with E-state index in [1.807, 2.05) is 12.1 Å². The third-order valence-electron chi connectivity index (χ3n) is 3.63. The van der Waals surface area contributed by atoms with E-state index in [2.05, 4.69) is 25.2 Å². The lowest BCUT2D eigenvalue weighted by atomic mass is 10.2. The van der Waals surface area contributed by atoms with Gasteiger partial charge < -0.3 is 9.30 Å². The minimum absolute atomic E-state index is 0.0751. The molecule has 0 aliphatic carbocycles. The van der Waals surface area contributed by atoms with Gasteiger partial charge in [0.25, 0.3) is 0 Å². The van der Waals surface area contributed by atoms with E-state index >= 15 is 0 Å². The molecule has 0 fully saturated rings. The van der Waals surface area contributed by atoms with Crippen molar-refractivity contribution in [2.24, 2.45) is 15.4 Å². The van der Waals surface area contributed by atoms with Gasteiger partial charge in [-0.3, -0.25) is 4.79 Å². The summed E-state index contributed by atoms with van der Waals surface area (Å²) in [7, 11) is 0. The second-order valence-electron chi connectivity index (χ2n) is 5.17. The van der Waals surface area contributed by atoms with Crippen molar-refractivity contribution in [3.63, 3.8) is 0 Å². The van der Waals surface area contributed by atoms with Crippen LogP contribution in [-0.4, -0.2) is 17.2 Å². The van der Waals surface area contributed by atoms with Crippen molar-refractivity contribution >= 4 is 5.91 Å². The van der Waals surface area contributed by atoms with E-state index in [-0.39, 0.29) is 18.8 Å². The first-order valence-corrected chi connectivity index (χ1v) is 7.40. The van der Waals surface area contributed by atoms with E-state index in [0.717, 1.165) is 11.3 Å². The Bertz CT molecular complexity index is 906. The van der Waals surface area contributed by atoms with Crippen LogP contribution in [0.3, 0.4) is 0 Å². The van der Waals surface area contributed by atoms with Crippen LogP contribution in [0, 0.1) is 11.8 Å². The van der Waals surface area contributed by atoms with Gasteiger partial charge in [0.1, 0.15) is 5.75 Å². The van der Waals surface area contributed by atoms with Gasteiger partial charge in [-0.05, 0) is 41.7 Å². The molecule has 1 aromatic carbocycles. The SMILES string of the molecule is Cc1cc(C(=O)N=O)c(CN=[N+]=[N-])n1Cc1ccc(OCN=[N+]=[N-])cc1. The third-order valence-corrected chi connectivity index (χ3v) is 3.63. The number of ether oxygens (including phenoxy) is 1. The lowest BCUT2D eigenvalue weighted by Crippen LogP contribution is -2.08. The number of hydrogen-bond acceptors (Lipinski definition) is 5. The average Bonchev–Trinajstić information content (AvgIpc) is 2.96. The monoisotopic (exact) mass is 354 g/mol. The number of nitroso groups, excluding NO2 is 1. The molecule has 0 aliphatic rings. The fourth-order valence-electron chi connectivity index (χ4n) is 2.45. The van der Waals surface area contributed by atoms with Gasteiger partial charge in [0, 0.05) is 32.9 Å². The van der Waals surface area contributed by atoms with E-state index < -0.39 is 5.91 Å². The predicted octanol–water partition coefficient (Wildman–Crippen LogP) is 4.21. The van der Waals surface area contributed by atoms with Gasteiger partial charge in [0.05, 0.1) is 12.1 Å². The van der Waals surface area contributed by atoms with Crippen molar-refractivity contribution in [2.75, 3.05) is 6.73 Å². The van der Waals surface area contributed by atoms with Gasteiger partial charge in [0.2, 0.25) is 0 Å². The van der Waals surface area contributed by atoms with Crippen molar-refractivity contribution in [3.05, 3.63) is 78.6 Å². The molecule has 11 heteroatoms. The van der Waals surface area contributed by atoms with Gasteiger partial charge in [0.15, 0.2) is 6.73 Å². The van der Waals surface area contributed by atoms with Gasteiger partial charge in [-0.1, -0.05) is 22.4 Å². The Morgan fingerprint density at radius 2 is 1.88 bits per heavy atom. The van der Waals surface area contributed by atoms with Crippen LogP contribution in [0.15, 0.2) is 45.7 Å². The predicted molar refractivity (Wildman–Crippen MR) is 92.3 cm³/mol. The Morgan fingerprint density at radius 1 is 1.19 bits per heavy atom. The maximum atomic E-state index is 11.7. The summed E-state index contributed by atoms with van der Waals surface area (Å²) in [5, 5.41) is 9.23. The summed E-state index contributed by atoms with van der Waals surface area (Å²) in [6, 6.07) is 8.59. The van der Waals surface area contributed by atoms with Crippen LogP contribution in [0.2, 0.25) is 0 Å². The van der Waals surface area contributed by atoms with Crippen molar-refractivity contribution in [3.8, 4) is 5.75 Å². The third kappa shape index (κ3) is 4.38. The lowest BCUT2D eigenvalue weighted by Gasteiger charge is -2.12. The van der Waals surface area contributed by atoms with E-state index in [0.29, 0.717) is 18.0 Å². The normalized spacial score (nSPS) is 9.73. The molecule has 0 spiro atoms. The highest BCUT2D eigenvalue weighted by Crippen LogP contribution is 2.21. The molecular weight excluding hydrogens is 340 g/mol. The summed E-state index contributed by atoms with van der Waals surface area (Å²) in [5.41, 5.74) is 18.9. The fourth-order valence-corrected chi connectivity index (χ4v) is 2.45. The van der Waals surface area contributed by atoms with E-state index in [1.54, 1.807) is 29.7 Å². The van der Waals surface area contributed by atoms with E-state index in [1.165, 1.54) is 0 Å². The molecule has 1 amide bonds. The number of carbonyl (C=O) groups excluding carboxylic acids is 1. The molecule has 1 heterocycles. The molecule has 0 bridgehead atoms. The van der Waals surface area contributed by atoms with Gasteiger partial charge in [-0.25, -0.2) is 0 Å². The summed E-state index contributed by atoms with van der Waals surface area (Å²) in [4.78, 5) is 27.6. The number of hydrogen-bond donors (Lipinski definition) is 0. The number of amides is 1. The summed E-state index contributed by atoms with van der Waals surface area (Å²) < 4.78 is 7.01. The van der Waals surface area contributed by atoms with Gasteiger partial charge >= 0.3 is 5.91 Å². The number of azide groups is 2. The highest BCUT2D eigenvalue weighted by Gasteiger charge is 2.19. The topological polar surface area (TPSA) is 158 Å². The standard InChI is InChI=1S/C15H14N8O3/c1-10-6-13(15(24)20-25)14(7-18-21-16)23(10)8-11-2-4-12(5-3-11)26-9-19-22-17/h2-6H,7-9H2,1H3. The molecule has 0 radical (unpaired) electrons. The van der Waals surface area contributed by atoms with E-state index in [9.17, 15) is 9.70 Å². The zero-order chi connectivity index (χ0) is 18.9. The van der Waals surface area contributed by atoms with Crippen molar-refractivity contribution in [1.82, 2.24) is 4.57 Å². The van der Waals surface area contributed by atoms with Crippen LogP contribution in [0.4, 0.5) is 0 Å². The first kappa shape index (κ1) is 18.5. The largest absolute Gasteiger partial charge is 0.488 e. The molecule has 0 aliphatic heterocycles. The molecule has 11 nitrogen and oxygen atoms in total. The summed E-state index contributed by atoms with van der Waals surface area (Å²) in [6.07, 6.45) is 0. The summed E-state index contributed by atoms with van der Waals surface area (Å²) in [5.74, 6) is -0.363. The molecule has 2 rings (SSSR count). The van der Waals surface area contributed by atoms with Crippen molar-refractivity contribution < 1.29 is 9.53 Å². The number of rotatable bonds is 8. The highest BCUT2D eigenvalue weighted by molar-refractivity contribution is 5.96. The Kier molecular flexibility index (Phi) is 6.33. The van der Waals surface area contributed by atoms with E-state index in [4.69, 9.17) is 15.8 Å². The molecule has 26 heavy (non-hydrogen) atoms. The minimum atomic E-state index is -0.906. The first-order valence-electron chi connectivity index (χ1n) is 7.40. The van der Waals surface area contributed by atoms with Crippen LogP contribution in [0.1, 0.15) is 27.3 Å². The molecule has 132 valence electrons. The number of benzene rings is 1. The van der Waals surface area contributed by atoms with Gasteiger partial charge in [-0.15, -0.1) is 4.91 Å². The highest BCUT2D eigenvalue weighted by atomic mass is 16.5. The Morgan fingerprint density at radius 3 is 2.50 bits per heavy atom. The van der Waals surface area contributed by atoms with Crippen molar-refractivity contribution in [2.45, 2.75) is 20.0 Å². The lowest BCUT2D eigenvalue weighted by molar-refractivity contribution is 0.0999. The quantitative estimate of drug-likeness (QED) is 0.301. The maximum Gasteiger partial charge on any atom is 0.318 e. The second kappa shape index (κ2) is 8.88. The molecule has 2 aromatic rings. The van der Waals surface area contributed by atoms with Crippen LogP contribution in [0.5, 0.6) is 5.75 Å². The molecule has 0 saturated heterocycles. The first-order chi connectivity index (χ1) is 12.6. The molecule has 0 N–H and O–H groups in total. The summed E-state index contributed by atoms with van der Waals surface area (Å²) >= 11 is 0. The molecule has 0 saturated carbocycles. The zero-order valence-electron chi connectivity index (χ0n) is 13.8. The summed E-state index contributed by atoms with van der Waals surface area (Å²) in [6.45, 7) is 1.99. The number of aryl methyl sites for hydroxylation is 1. The molecule has 0 atom stereocenters. The number of nitrogens with zero attached hydrogens (tertiary/aromatic N) is 8. The van der Waals surface area contributed by atoms with Crippen molar-refractivity contribution in [1.29, 1.82) is 0 Å². The van der Waals surface area contributed by atoms with Crippen LogP contribution < -0.4 is 4.74 Å². The zero-order valence-corrected chi connectivity index (χ0v) is 13.8. The van der Waals surface area contributed by atoms with Gasteiger partial charge in [-0.2, -0.15) is 0 Å². The molecule has 0 unspecified atom stereocenters. The number of aromatic nitrogens is 1. The molecule has 1 aromatic heterocycles. The smallest absolute Gasteiger partial charge is 0.318 e. The maximum absolute atomic E-state index is 11.7. The van der Waals surface area contributed by atoms with Crippen LogP contribution >= 0.6 is 0 Å². The molecular formula is C15H14N8O3. The number of carbonyl (C=O) groups is 1. The van der Waals surface area contributed by atoms with Crippen LogP contribution in [0.25, 0.3) is 20.9 Å².